The van der Waals surface area contributed by atoms with E-state index in [1.165, 1.54) is 19.3 Å². The highest BCUT2D eigenvalue weighted by atomic mass is 16.5. The van der Waals surface area contributed by atoms with E-state index in [1.54, 1.807) is 6.20 Å². The van der Waals surface area contributed by atoms with E-state index in [0.717, 1.165) is 30.3 Å². The molecule has 0 aliphatic heterocycles. The summed E-state index contributed by atoms with van der Waals surface area (Å²) < 4.78 is 5.61. The van der Waals surface area contributed by atoms with Gasteiger partial charge in [0.05, 0.1) is 12.8 Å². The molecule has 3 heteroatoms. The molecule has 1 heterocycles. The van der Waals surface area contributed by atoms with Gasteiger partial charge in [-0.15, -0.1) is 0 Å². The zero-order valence-electron chi connectivity index (χ0n) is 11.4. The summed E-state index contributed by atoms with van der Waals surface area (Å²) in [6, 6.07) is 2.16. The molecule has 0 saturated heterocycles. The largest absolute Gasteiger partial charge is 0.492 e. The molecular weight excluding hydrogens is 224 g/mol. The summed E-state index contributed by atoms with van der Waals surface area (Å²) in [4.78, 5) is 4.24. The third-order valence-electron chi connectivity index (χ3n) is 3.84. The minimum atomic E-state index is 0.104. The molecule has 1 aliphatic carbocycles. The van der Waals surface area contributed by atoms with Crippen LogP contribution in [0.4, 0.5) is 0 Å². The monoisotopic (exact) mass is 248 g/mol. The molecule has 0 radical (unpaired) electrons. The summed E-state index contributed by atoms with van der Waals surface area (Å²) >= 11 is 0. The van der Waals surface area contributed by atoms with Crippen LogP contribution in [0.1, 0.15) is 51.1 Å². The van der Waals surface area contributed by atoms with Gasteiger partial charge in [-0.05, 0) is 42.7 Å². The number of nitrogens with zero attached hydrogens (tertiary/aromatic N) is 1. The lowest BCUT2D eigenvalue weighted by Gasteiger charge is -2.19. The van der Waals surface area contributed by atoms with Gasteiger partial charge in [0, 0.05) is 12.2 Å². The Morgan fingerprint density at radius 3 is 2.94 bits per heavy atom. The second-order valence-electron chi connectivity index (χ2n) is 5.51. The maximum Gasteiger partial charge on any atom is 0.137 e. The number of nitrogens with two attached hydrogens (primary N) is 1. The predicted molar refractivity (Wildman–Crippen MR) is 73.5 cm³/mol. The van der Waals surface area contributed by atoms with Gasteiger partial charge in [0.2, 0.25) is 0 Å². The van der Waals surface area contributed by atoms with Crippen LogP contribution in [0.3, 0.4) is 0 Å². The molecule has 0 spiro atoms. The van der Waals surface area contributed by atoms with Gasteiger partial charge in [0.25, 0.3) is 0 Å². The third kappa shape index (κ3) is 3.22. The van der Waals surface area contributed by atoms with Crippen molar-refractivity contribution in [3.05, 3.63) is 24.0 Å². The van der Waals surface area contributed by atoms with Crippen LogP contribution in [0.2, 0.25) is 0 Å². The zero-order chi connectivity index (χ0) is 13.0. The molecule has 0 amide bonds. The topological polar surface area (TPSA) is 48.1 Å². The Labute approximate surface area is 110 Å². The maximum absolute atomic E-state index is 6.36. The Morgan fingerprint density at radius 1 is 1.44 bits per heavy atom. The van der Waals surface area contributed by atoms with Crippen LogP contribution in [0, 0.1) is 11.8 Å². The Kier molecular flexibility index (Phi) is 4.59. The lowest BCUT2D eigenvalue weighted by atomic mass is 9.92. The summed E-state index contributed by atoms with van der Waals surface area (Å²) in [5.41, 5.74) is 7.48. The number of pyridine rings is 1. The summed E-state index contributed by atoms with van der Waals surface area (Å²) in [6.07, 6.45) is 8.44. The first kappa shape index (κ1) is 13.3. The van der Waals surface area contributed by atoms with Crippen LogP contribution in [0.5, 0.6) is 5.75 Å². The second-order valence-corrected chi connectivity index (χ2v) is 5.51. The van der Waals surface area contributed by atoms with Crippen molar-refractivity contribution in [3.8, 4) is 5.75 Å². The van der Waals surface area contributed by atoms with Gasteiger partial charge < -0.3 is 10.5 Å². The van der Waals surface area contributed by atoms with Crippen LogP contribution in [-0.2, 0) is 0 Å². The minimum absolute atomic E-state index is 0.104. The van der Waals surface area contributed by atoms with Gasteiger partial charge in [0.15, 0.2) is 0 Å². The van der Waals surface area contributed by atoms with E-state index in [0.29, 0.717) is 5.92 Å². The fourth-order valence-corrected chi connectivity index (χ4v) is 2.77. The lowest BCUT2D eigenvalue weighted by molar-refractivity contribution is 0.315. The van der Waals surface area contributed by atoms with Crippen LogP contribution in [-0.4, -0.2) is 11.6 Å². The van der Waals surface area contributed by atoms with E-state index in [9.17, 15) is 0 Å². The van der Waals surface area contributed by atoms with Gasteiger partial charge in [-0.1, -0.05) is 20.3 Å². The molecule has 0 bridgehead atoms. The first-order valence-corrected chi connectivity index (χ1v) is 7.04. The zero-order valence-corrected chi connectivity index (χ0v) is 11.4. The molecule has 3 nitrogen and oxygen atoms in total. The molecule has 1 aliphatic rings. The van der Waals surface area contributed by atoms with E-state index >= 15 is 0 Å². The molecule has 3 atom stereocenters. The predicted octanol–water partition coefficient (Wildman–Crippen LogP) is 3.31. The van der Waals surface area contributed by atoms with Crippen molar-refractivity contribution in [1.82, 2.24) is 4.98 Å². The van der Waals surface area contributed by atoms with Crippen molar-refractivity contribution in [2.24, 2.45) is 17.6 Å². The summed E-state index contributed by atoms with van der Waals surface area (Å²) in [5.74, 6) is 2.26. The fraction of sp³-hybridized carbons (Fsp3) is 0.667. The number of aromatic nitrogens is 1. The first-order chi connectivity index (χ1) is 8.70. The van der Waals surface area contributed by atoms with Gasteiger partial charge in [0.1, 0.15) is 5.75 Å². The smallest absolute Gasteiger partial charge is 0.137 e. The first-order valence-electron chi connectivity index (χ1n) is 7.04. The summed E-state index contributed by atoms with van der Waals surface area (Å²) in [6.45, 7) is 5.15. The van der Waals surface area contributed by atoms with Crippen molar-refractivity contribution >= 4 is 0 Å². The van der Waals surface area contributed by atoms with E-state index in [1.807, 2.05) is 6.20 Å². The molecule has 1 aromatic heterocycles. The van der Waals surface area contributed by atoms with E-state index in [2.05, 4.69) is 24.9 Å². The van der Waals surface area contributed by atoms with Gasteiger partial charge >= 0.3 is 0 Å². The highest BCUT2D eigenvalue weighted by Gasteiger charge is 2.27. The minimum Gasteiger partial charge on any atom is -0.492 e. The lowest BCUT2D eigenvalue weighted by Crippen LogP contribution is -2.19. The number of rotatable bonds is 5. The SMILES string of the molecule is CCCOc1cncc(C(N)C2CCC(C)C2)c1. The highest BCUT2D eigenvalue weighted by molar-refractivity contribution is 5.26. The van der Waals surface area contributed by atoms with Gasteiger partial charge in [-0.2, -0.15) is 0 Å². The molecule has 0 aromatic carbocycles. The van der Waals surface area contributed by atoms with Crippen molar-refractivity contribution in [1.29, 1.82) is 0 Å². The molecule has 18 heavy (non-hydrogen) atoms. The van der Waals surface area contributed by atoms with Crippen molar-refractivity contribution in [2.45, 2.75) is 45.6 Å². The Morgan fingerprint density at radius 2 is 2.28 bits per heavy atom. The maximum atomic E-state index is 6.36. The fourth-order valence-electron chi connectivity index (χ4n) is 2.77. The Hall–Kier alpha value is -1.09. The van der Waals surface area contributed by atoms with Crippen molar-refractivity contribution in [2.75, 3.05) is 6.61 Å². The molecule has 2 rings (SSSR count). The molecule has 100 valence electrons. The van der Waals surface area contributed by atoms with Gasteiger partial charge in [-0.25, -0.2) is 0 Å². The Bertz CT molecular complexity index is 381. The molecule has 1 aromatic rings. The molecule has 1 saturated carbocycles. The molecule has 2 N–H and O–H groups in total. The second kappa shape index (κ2) is 6.19. The van der Waals surface area contributed by atoms with Crippen LogP contribution in [0.25, 0.3) is 0 Å². The highest BCUT2D eigenvalue weighted by Crippen LogP contribution is 2.37. The average molecular weight is 248 g/mol. The molecule has 3 unspecified atom stereocenters. The van der Waals surface area contributed by atoms with Crippen molar-refractivity contribution < 1.29 is 4.74 Å². The van der Waals surface area contributed by atoms with Crippen LogP contribution >= 0.6 is 0 Å². The molecule has 1 fully saturated rings. The Balaban J connectivity index is 2.03. The van der Waals surface area contributed by atoms with Crippen LogP contribution < -0.4 is 10.5 Å². The standard InChI is InChI=1S/C15H24N2O/c1-3-6-18-14-8-13(9-17-10-14)15(16)12-5-4-11(2)7-12/h8-12,15H,3-7,16H2,1-2H3. The quantitative estimate of drug-likeness (QED) is 0.869. The normalized spacial score (nSPS) is 25.1. The van der Waals surface area contributed by atoms with Crippen molar-refractivity contribution in [3.63, 3.8) is 0 Å². The summed E-state index contributed by atoms with van der Waals surface area (Å²) in [7, 11) is 0. The average Bonchev–Trinajstić information content (AvgIpc) is 2.82. The van der Waals surface area contributed by atoms with E-state index < -0.39 is 0 Å². The van der Waals surface area contributed by atoms with Crippen LogP contribution in [0.15, 0.2) is 18.5 Å². The molecular formula is C15H24N2O. The van der Waals surface area contributed by atoms with E-state index in [4.69, 9.17) is 10.5 Å². The van der Waals surface area contributed by atoms with E-state index in [-0.39, 0.29) is 6.04 Å². The van der Waals surface area contributed by atoms with Gasteiger partial charge in [-0.3, -0.25) is 4.98 Å². The summed E-state index contributed by atoms with van der Waals surface area (Å²) in [5, 5.41) is 0. The number of ether oxygens (including phenoxy) is 1. The number of hydrogen-bond acceptors (Lipinski definition) is 3. The number of hydrogen-bond donors (Lipinski definition) is 1. The third-order valence-corrected chi connectivity index (χ3v) is 3.84.